The molecule has 0 amide bonds. The van der Waals surface area contributed by atoms with Gasteiger partial charge in [-0.25, -0.2) is 4.98 Å². The summed E-state index contributed by atoms with van der Waals surface area (Å²) in [4.78, 5) is 9.26. The molecule has 0 fully saturated rings. The van der Waals surface area contributed by atoms with Crippen molar-refractivity contribution < 1.29 is 4.52 Å². The van der Waals surface area contributed by atoms with E-state index in [9.17, 15) is 0 Å². The Morgan fingerprint density at radius 2 is 2.04 bits per heavy atom. The van der Waals surface area contributed by atoms with Crippen LogP contribution in [0.5, 0.6) is 0 Å². The maximum Gasteiger partial charge on any atom is 0.239 e. The molecule has 1 atom stereocenters. The lowest BCUT2D eigenvalue weighted by Gasteiger charge is -2.08. The molecule has 0 aliphatic heterocycles. The molecule has 3 aromatic rings. The van der Waals surface area contributed by atoms with Crippen molar-refractivity contribution in [2.24, 2.45) is 0 Å². The topological polar surface area (TPSA) is 56.7 Å². The largest absolute Gasteiger partial charge is 0.338 e. The predicted molar refractivity (Wildman–Crippen MR) is 92.6 cm³/mol. The van der Waals surface area contributed by atoms with Crippen LogP contribution in [0.3, 0.4) is 0 Å². The van der Waals surface area contributed by atoms with Crippen LogP contribution in [-0.2, 0) is 13.0 Å². The second-order valence-corrected chi connectivity index (χ2v) is 6.85. The summed E-state index contributed by atoms with van der Waals surface area (Å²) in [5.74, 6) is 1.48. The molecule has 1 unspecified atom stereocenters. The highest BCUT2D eigenvalue weighted by Gasteiger charge is 2.19. The van der Waals surface area contributed by atoms with E-state index < -0.39 is 0 Å². The summed E-state index contributed by atoms with van der Waals surface area (Å²) in [7, 11) is 0. The highest BCUT2D eigenvalue weighted by atomic mass is 32.2. The van der Waals surface area contributed by atoms with Crippen molar-refractivity contribution in [2.75, 3.05) is 0 Å². The van der Waals surface area contributed by atoms with Gasteiger partial charge in [-0.3, -0.25) is 0 Å². The van der Waals surface area contributed by atoms with Gasteiger partial charge in [0.15, 0.2) is 11.0 Å². The monoisotopic (exact) mass is 330 g/mol. The first-order valence-corrected chi connectivity index (χ1v) is 9.05. The first-order chi connectivity index (χ1) is 11.2. The Hall–Kier alpha value is -1.82. The van der Waals surface area contributed by atoms with Gasteiger partial charge in [-0.1, -0.05) is 42.4 Å². The molecular weight excluding hydrogens is 308 g/mol. The normalized spacial score (nSPS) is 12.8. The molecule has 0 saturated carbocycles. The molecule has 3 rings (SSSR count). The van der Waals surface area contributed by atoms with E-state index in [4.69, 9.17) is 9.51 Å². The Labute approximate surface area is 140 Å². The van der Waals surface area contributed by atoms with Gasteiger partial charge in [0.1, 0.15) is 0 Å². The first-order valence-electron chi connectivity index (χ1n) is 8.17. The number of unbranched alkanes of at least 4 members (excludes halogenated alkanes) is 1. The molecule has 1 aromatic carbocycles. The van der Waals surface area contributed by atoms with Crippen LogP contribution in [0.4, 0.5) is 0 Å². The molecule has 0 radical (unpaired) electrons. The van der Waals surface area contributed by atoms with Crippen molar-refractivity contribution in [3.63, 3.8) is 0 Å². The number of imidazole rings is 1. The average molecular weight is 330 g/mol. The summed E-state index contributed by atoms with van der Waals surface area (Å²) in [6.07, 6.45) is 3.10. The standard InChI is InChI=1S/C17H22N4OS/c1-4-6-11-15-19-16(22-20-15)12(3)23-17-18-13-9-7-8-10-14(13)21(17)5-2/h7-10,12H,4-6,11H2,1-3H3. The third kappa shape index (κ3) is 3.42. The smallest absolute Gasteiger partial charge is 0.239 e. The molecule has 0 aliphatic rings. The van der Waals surface area contributed by atoms with Crippen molar-refractivity contribution in [1.82, 2.24) is 19.7 Å². The Kier molecular flexibility index (Phi) is 5.00. The zero-order valence-electron chi connectivity index (χ0n) is 13.8. The van der Waals surface area contributed by atoms with Crippen molar-refractivity contribution in [2.45, 2.75) is 57.0 Å². The fourth-order valence-electron chi connectivity index (χ4n) is 2.53. The van der Waals surface area contributed by atoms with Crippen LogP contribution in [0, 0.1) is 0 Å². The van der Waals surface area contributed by atoms with Gasteiger partial charge in [-0.15, -0.1) is 0 Å². The van der Waals surface area contributed by atoms with Crippen molar-refractivity contribution in [1.29, 1.82) is 0 Å². The van der Waals surface area contributed by atoms with E-state index in [1.54, 1.807) is 11.8 Å². The van der Waals surface area contributed by atoms with Gasteiger partial charge in [-0.2, -0.15) is 4.98 Å². The van der Waals surface area contributed by atoms with Gasteiger partial charge < -0.3 is 9.09 Å². The van der Waals surface area contributed by atoms with Gasteiger partial charge in [-0.05, 0) is 32.4 Å². The van der Waals surface area contributed by atoms with Gasteiger partial charge in [0.05, 0.1) is 16.3 Å². The molecule has 2 heterocycles. The summed E-state index contributed by atoms with van der Waals surface area (Å²) < 4.78 is 7.65. The zero-order valence-corrected chi connectivity index (χ0v) is 14.6. The van der Waals surface area contributed by atoms with Crippen LogP contribution in [0.1, 0.15) is 50.6 Å². The predicted octanol–water partition coefficient (Wildman–Crippen LogP) is 4.64. The van der Waals surface area contributed by atoms with E-state index >= 15 is 0 Å². The molecule has 0 aliphatic carbocycles. The lowest BCUT2D eigenvalue weighted by Crippen LogP contribution is -1.98. The number of rotatable bonds is 7. The molecule has 0 saturated heterocycles. The Morgan fingerprint density at radius 3 is 2.83 bits per heavy atom. The maximum atomic E-state index is 5.42. The fraction of sp³-hybridized carbons (Fsp3) is 0.471. The van der Waals surface area contributed by atoms with Crippen LogP contribution in [0.25, 0.3) is 11.0 Å². The van der Waals surface area contributed by atoms with E-state index in [1.807, 2.05) is 18.2 Å². The van der Waals surface area contributed by atoms with E-state index in [0.29, 0.717) is 5.89 Å². The van der Waals surface area contributed by atoms with Crippen LogP contribution in [0.2, 0.25) is 0 Å². The molecule has 5 nitrogen and oxygen atoms in total. The third-order valence-electron chi connectivity index (χ3n) is 3.80. The molecule has 23 heavy (non-hydrogen) atoms. The molecule has 2 aromatic heterocycles. The highest BCUT2D eigenvalue weighted by molar-refractivity contribution is 7.99. The second-order valence-electron chi connectivity index (χ2n) is 5.54. The third-order valence-corrected chi connectivity index (χ3v) is 4.88. The molecule has 0 bridgehead atoms. The van der Waals surface area contributed by atoms with Gasteiger partial charge >= 0.3 is 0 Å². The molecule has 0 spiro atoms. The van der Waals surface area contributed by atoms with Gasteiger partial charge in [0.25, 0.3) is 0 Å². The van der Waals surface area contributed by atoms with E-state index in [-0.39, 0.29) is 5.25 Å². The van der Waals surface area contributed by atoms with E-state index in [0.717, 1.165) is 42.3 Å². The van der Waals surface area contributed by atoms with Gasteiger partial charge in [0.2, 0.25) is 5.89 Å². The number of thioether (sulfide) groups is 1. The first kappa shape index (κ1) is 16.1. The molecule has 6 heteroatoms. The quantitative estimate of drug-likeness (QED) is 0.591. The summed E-state index contributed by atoms with van der Waals surface area (Å²) in [5.41, 5.74) is 2.19. The van der Waals surface area contributed by atoms with Crippen LogP contribution in [-0.4, -0.2) is 19.7 Å². The SMILES string of the molecule is CCCCc1noc(C(C)Sc2nc3ccccc3n2CC)n1. The lowest BCUT2D eigenvalue weighted by atomic mass is 10.2. The van der Waals surface area contributed by atoms with Gasteiger partial charge in [0, 0.05) is 13.0 Å². The number of aryl methyl sites for hydroxylation is 2. The number of hydrogen-bond donors (Lipinski definition) is 0. The Bertz CT molecular complexity index is 780. The van der Waals surface area contributed by atoms with Crippen molar-refractivity contribution >= 4 is 22.8 Å². The fourth-order valence-corrected chi connectivity index (χ4v) is 3.55. The maximum absolute atomic E-state index is 5.42. The number of hydrogen-bond acceptors (Lipinski definition) is 5. The highest BCUT2D eigenvalue weighted by Crippen LogP contribution is 2.35. The number of nitrogens with zero attached hydrogens (tertiary/aromatic N) is 4. The average Bonchev–Trinajstić information content (AvgIpc) is 3.16. The van der Waals surface area contributed by atoms with Crippen LogP contribution >= 0.6 is 11.8 Å². The Balaban J connectivity index is 1.79. The van der Waals surface area contributed by atoms with Crippen LogP contribution < -0.4 is 0 Å². The Morgan fingerprint density at radius 1 is 1.22 bits per heavy atom. The second kappa shape index (κ2) is 7.17. The molecular formula is C17H22N4OS. The number of aromatic nitrogens is 4. The summed E-state index contributed by atoms with van der Waals surface area (Å²) in [5, 5.41) is 5.15. The van der Waals surface area contributed by atoms with Crippen LogP contribution in [0.15, 0.2) is 33.9 Å². The van der Waals surface area contributed by atoms with E-state index in [2.05, 4.69) is 41.5 Å². The summed E-state index contributed by atoms with van der Waals surface area (Å²) >= 11 is 1.67. The summed E-state index contributed by atoms with van der Waals surface area (Å²) in [6, 6.07) is 8.22. The van der Waals surface area contributed by atoms with E-state index in [1.165, 1.54) is 5.52 Å². The number of benzene rings is 1. The lowest BCUT2D eigenvalue weighted by molar-refractivity contribution is 0.374. The van der Waals surface area contributed by atoms with Crippen molar-refractivity contribution in [3.8, 4) is 0 Å². The molecule has 0 N–H and O–H groups in total. The minimum absolute atomic E-state index is 0.0833. The molecule has 122 valence electrons. The number of para-hydroxylation sites is 2. The summed E-state index contributed by atoms with van der Waals surface area (Å²) in [6.45, 7) is 7.27. The number of fused-ring (bicyclic) bond motifs is 1. The minimum atomic E-state index is 0.0833. The zero-order chi connectivity index (χ0) is 16.2. The minimum Gasteiger partial charge on any atom is -0.338 e. The van der Waals surface area contributed by atoms with Crippen molar-refractivity contribution in [3.05, 3.63) is 36.0 Å².